The van der Waals surface area contributed by atoms with Gasteiger partial charge in [-0.3, -0.25) is 14.5 Å². The number of hydrogen-bond acceptors (Lipinski definition) is 9. The molecule has 2 atom stereocenters. The predicted molar refractivity (Wildman–Crippen MR) is 197 cm³/mol. The monoisotopic (exact) mass is 692 g/mol. The summed E-state index contributed by atoms with van der Waals surface area (Å²) >= 11 is 0. The molecule has 9 nitrogen and oxygen atoms in total. The van der Waals surface area contributed by atoms with E-state index in [9.17, 15) is 9.59 Å². The van der Waals surface area contributed by atoms with Crippen LogP contribution in [0.3, 0.4) is 0 Å². The van der Waals surface area contributed by atoms with E-state index in [0.29, 0.717) is 46.5 Å². The van der Waals surface area contributed by atoms with Gasteiger partial charge < -0.3 is 28.6 Å². The second-order valence-electron chi connectivity index (χ2n) is 13.9. The first-order valence-electron chi connectivity index (χ1n) is 17.4. The number of benzene rings is 4. The fourth-order valence-corrected chi connectivity index (χ4v) is 7.41. The molecule has 0 fully saturated rings. The maximum absolute atomic E-state index is 12.9. The molecule has 3 aliphatic rings. The number of methoxy groups -OCH3 is 3. The van der Waals surface area contributed by atoms with Crippen LogP contribution in [0, 0.1) is 13.8 Å². The summed E-state index contributed by atoms with van der Waals surface area (Å²) in [7, 11) is 11.0. The molecule has 9 heteroatoms. The van der Waals surface area contributed by atoms with E-state index in [2.05, 4.69) is 48.0 Å². The topological polar surface area (TPSA) is 86.8 Å². The molecular formula is C42H48N2O7. The summed E-state index contributed by atoms with van der Waals surface area (Å²) in [5.41, 5.74) is 8.20. The van der Waals surface area contributed by atoms with Crippen molar-refractivity contribution in [1.82, 2.24) is 9.80 Å². The van der Waals surface area contributed by atoms with Gasteiger partial charge in [-0.05, 0) is 130 Å². The number of rotatable bonds is 7. The number of aryl methyl sites for hydroxylation is 2. The van der Waals surface area contributed by atoms with Crippen LogP contribution in [0.5, 0.6) is 40.2 Å². The Morgan fingerprint density at radius 3 is 2.22 bits per heavy atom. The molecule has 268 valence electrons. The van der Waals surface area contributed by atoms with Gasteiger partial charge in [0.05, 0.1) is 21.3 Å². The first-order valence-corrected chi connectivity index (χ1v) is 17.4. The van der Waals surface area contributed by atoms with Gasteiger partial charge in [0.2, 0.25) is 11.5 Å². The van der Waals surface area contributed by atoms with Crippen LogP contribution in [0.15, 0.2) is 54.6 Å². The van der Waals surface area contributed by atoms with Gasteiger partial charge in [0.25, 0.3) is 0 Å². The van der Waals surface area contributed by atoms with E-state index in [1.54, 1.807) is 21.3 Å². The average Bonchev–Trinajstić information content (AvgIpc) is 3.10. The van der Waals surface area contributed by atoms with Gasteiger partial charge in [0.15, 0.2) is 28.8 Å². The quantitative estimate of drug-likeness (QED) is 0.182. The van der Waals surface area contributed by atoms with E-state index in [1.165, 1.54) is 23.6 Å². The Bertz CT molecular complexity index is 1970. The largest absolute Gasteiger partial charge is 0.493 e. The number of Topliss-reactive ketones (excluding diaryl/α,β-unsaturated/α-hetero) is 2. The van der Waals surface area contributed by atoms with Crippen molar-refractivity contribution in [2.24, 2.45) is 0 Å². The first kappa shape index (κ1) is 35.9. The minimum atomic E-state index is -0.494. The second kappa shape index (κ2) is 14.8. The Hall–Kier alpha value is -4.86. The van der Waals surface area contributed by atoms with Crippen molar-refractivity contribution < 1.29 is 33.3 Å². The van der Waals surface area contributed by atoms with Gasteiger partial charge in [0, 0.05) is 37.5 Å². The second-order valence-corrected chi connectivity index (χ2v) is 13.9. The Kier molecular flexibility index (Phi) is 10.4. The number of carbonyl (C=O) groups excluding carboxylic acids is 2. The number of ether oxygens (including phenoxy) is 5. The van der Waals surface area contributed by atoms with Crippen LogP contribution in [0.1, 0.15) is 63.5 Å². The molecule has 0 spiro atoms. The fourth-order valence-electron chi connectivity index (χ4n) is 7.41. The van der Waals surface area contributed by atoms with Crippen LogP contribution < -0.4 is 23.7 Å². The molecule has 0 amide bonds. The van der Waals surface area contributed by atoms with Gasteiger partial charge in [-0.25, -0.2) is 0 Å². The van der Waals surface area contributed by atoms with Crippen LogP contribution in [0.25, 0.3) is 0 Å². The summed E-state index contributed by atoms with van der Waals surface area (Å²) < 4.78 is 31.2. The minimum absolute atomic E-state index is 0.0612. The number of fused-ring (bicyclic) bond motifs is 3. The molecule has 7 rings (SSSR count). The van der Waals surface area contributed by atoms with Crippen molar-refractivity contribution in [1.29, 1.82) is 0 Å². The molecule has 0 aromatic heterocycles. The van der Waals surface area contributed by atoms with Gasteiger partial charge in [-0.15, -0.1) is 0 Å². The van der Waals surface area contributed by atoms with Crippen molar-refractivity contribution in [3.63, 3.8) is 0 Å². The van der Waals surface area contributed by atoms with Gasteiger partial charge in [-0.2, -0.15) is 0 Å². The van der Waals surface area contributed by atoms with E-state index in [-0.39, 0.29) is 18.5 Å². The molecule has 0 saturated carbocycles. The normalized spacial score (nSPS) is 17.1. The maximum Gasteiger partial charge on any atom is 0.204 e. The van der Waals surface area contributed by atoms with E-state index < -0.39 is 11.6 Å². The molecule has 3 aliphatic heterocycles. The van der Waals surface area contributed by atoms with Crippen LogP contribution in [-0.2, 0) is 35.3 Å². The highest BCUT2D eigenvalue weighted by atomic mass is 16.5. The molecule has 0 N–H and O–H groups in total. The van der Waals surface area contributed by atoms with Crippen molar-refractivity contribution in [2.75, 3.05) is 49.0 Å². The molecule has 4 aromatic rings. The summed E-state index contributed by atoms with van der Waals surface area (Å²) in [6.07, 6.45) is 2.16. The molecule has 0 aliphatic carbocycles. The number of carbonyl (C=O) groups is 2. The zero-order valence-electron chi connectivity index (χ0n) is 31.1. The molecule has 4 aromatic carbocycles. The molecule has 6 bridgehead atoms. The standard InChI is InChI=1S/C42H48N2O7/c1-24-16-28-14-15-44(6)33-18-27-10-12-31(13-11-27)50-38-22-29(30(21-37(38)47-7)20-35(46)26(3)45)19-34(43(4)5)40-25(2)17-39(48-8)41(49-9)42(40)51-36(24)23-32(28)33/h10-13,16-17,21-23,33-34H,14-15,18-20H2,1-9H3/t33-,34-/m0/s1. The maximum atomic E-state index is 12.9. The lowest BCUT2D eigenvalue weighted by Crippen LogP contribution is -2.33. The van der Waals surface area contributed by atoms with Crippen LogP contribution >= 0.6 is 0 Å². The number of likely N-dealkylation sites (N-methyl/N-ethyl adjacent to an activating group) is 2. The fraction of sp³-hybridized carbons (Fsp3) is 0.381. The van der Waals surface area contributed by atoms with Crippen LogP contribution in [-0.4, -0.2) is 70.4 Å². The highest BCUT2D eigenvalue weighted by Crippen LogP contribution is 2.49. The summed E-state index contributed by atoms with van der Waals surface area (Å²) in [6, 6.07) is 18.3. The highest BCUT2D eigenvalue weighted by molar-refractivity contribution is 6.36. The van der Waals surface area contributed by atoms with E-state index in [4.69, 9.17) is 23.7 Å². The molecule has 51 heavy (non-hydrogen) atoms. The van der Waals surface area contributed by atoms with Gasteiger partial charge in [0.1, 0.15) is 11.5 Å². The number of nitrogens with zero attached hydrogens (tertiary/aromatic N) is 2. The van der Waals surface area contributed by atoms with Crippen LogP contribution in [0.2, 0.25) is 0 Å². The lowest BCUT2D eigenvalue weighted by atomic mass is 9.87. The number of hydrogen-bond donors (Lipinski definition) is 0. The van der Waals surface area contributed by atoms with E-state index in [0.717, 1.165) is 47.4 Å². The number of ketones is 2. The van der Waals surface area contributed by atoms with Crippen molar-refractivity contribution in [2.45, 2.75) is 58.5 Å². The molecule has 0 unspecified atom stereocenters. The first-order chi connectivity index (χ1) is 24.4. The zero-order chi connectivity index (χ0) is 36.6. The molecule has 0 radical (unpaired) electrons. The van der Waals surface area contributed by atoms with Crippen molar-refractivity contribution in [3.8, 4) is 40.2 Å². The Balaban J connectivity index is 1.63. The lowest BCUT2D eigenvalue weighted by Gasteiger charge is -2.36. The Morgan fingerprint density at radius 2 is 1.57 bits per heavy atom. The lowest BCUT2D eigenvalue weighted by molar-refractivity contribution is -0.134. The summed E-state index contributed by atoms with van der Waals surface area (Å²) in [5, 5.41) is 0. The summed E-state index contributed by atoms with van der Waals surface area (Å²) in [6.45, 7) is 6.40. The van der Waals surface area contributed by atoms with Gasteiger partial charge >= 0.3 is 0 Å². The summed E-state index contributed by atoms with van der Waals surface area (Å²) in [5.74, 6) is 3.07. The SMILES string of the molecule is COc1cc(CC(=O)C(C)=O)c2cc1Oc1ccc(cc1)C[C@H]1c3cc(c(C)cc3CCN1C)Oc1c(OC)c(OC)cc(C)c1[C@@H](N(C)C)C2. The van der Waals surface area contributed by atoms with Gasteiger partial charge in [-0.1, -0.05) is 18.2 Å². The third kappa shape index (κ3) is 7.18. The minimum Gasteiger partial charge on any atom is -0.493 e. The smallest absolute Gasteiger partial charge is 0.204 e. The highest BCUT2D eigenvalue weighted by Gasteiger charge is 2.31. The zero-order valence-corrected chi connectivity index (χ0v) is 31.1. The third-order valence-electron chi connectivity index (χ3n) is 10.3. The molecule has 0 saturated heterocycles. The Labute approximate surface area is 301 Å². The average molecular weight is 693 g/mol. The molecular weight excluding hydrogens is 644 g/mol. The van der Waals surface area contributed by atoms with E-state index >= 15 is 0 Å². The third-order valence-corrected chi connectivity index (χ3v) is 10.3. The van der Waals surface area contributed by atoms with Crippen molar-refractivity contribution in [3.05, 3.63) is 99.1 Å². The molecule has 3 heterocycles. The van der Waals surface area contributed by atoms with E-state index in [1.807, 2.05) is 51.4 Å². The van der Waals surface area contributed by atoms with Crippen LogP contribution in [0.4, 0.5) is 0 Å². The summed E-state index contributed by atoms with van der Waals surface area (Å²) in [4.78, 5) is 29.6. The Morgan fingerprint density at radius 1 is 0.843 bits per heavy atom. The van der Waals surface area contributed by atoms with Crippen molar-refractivity contribution >= 4 is 11.6 Å². The predicted octanol–water partition coefficient (Wildman–Crippen LogP) is 7.54.